The highest BCUT2D eigenvalue weighted by molar-refractivity contribution is 5.15. The van der Waals surface area contributed by atoms with Gasteiger partial charge in [-0.25, -0.2) is 0 Å². The largest absolute Gasteiger partial charge is 1.00 e. The molecule has 8 heteroatoms. The van der Waals surface area contributed by atoms with E-state index in [4.69, 9.17) is 0 Å². The maximum Gasteiger partial charge on any atom is 0.0836 e. The van der Waals surface area contributed by atoms with Crippen LogP contribution in [0, 0.1) is 0 Å². The van der Waals surface area contributed by atoms with E-state index < -0.39 is 0 Å². The van der Waals surface area contributed by atoms with Crippen LogP contribution in [0.1, 0.15) is 75.3 Å². The number of hydrogen-bond acceptors (Lipinski definition) is 0. The standard InChI is InChI=1S/C40H74N4.4BrH/c1-41(2,35-23-37-43(5,6)33-21-17-29-39-25-13-11-14-26-39)31-19-9-10-20-32-42(3,4)36-24-38-44(7,8)34-22-18-30-40-27-15-12-16-28-40;;;;/h11-16,25-28H,9-10,17-24,29-38H2,1-8H3;4*1H/q+4;;;;/p-4. The van der Waals surface area contributed by atoms with E-state index in [-0.39, 0.29) is 67.9 Å². The summed E-state index contributed by atoms with van der Waals surface area (Å²) in [6.07, 6.45) is 15.8. The smallest absolute Gasteiger partial charge is 0.0836 e. The lowest BCUT2D eigenvalue weighted by atomic mass is 10.1. The molecule has 0 amide bonds. The Morgan fingerprint density at radius 2 is 0.521 bits per heavy atom. The van der Waals surface area contributed by atoms with Crippen LogP contribution < -0.4 is 67.9 Å². The molecular weight excluding hydrogens is 856 g/mol. The zero-order valence-corrected chi connectivity index (χ0v) is 38.6. The molecule has 0 aliphatic heterocycles. The van der Waals surface area contributed by atoms with E-state index in [1.54, 1.807) is 0 Å². The van der Waals surface area contributed by atoms with E-state index in [9.17, 15) is 0 Å². The molecule has 2 aromatic carbocycles. The van der Waals surface area contributed by atoms with Crippen molar-refractivity contribution in [3.63, 3.8) is 0 Å². The summed E-state index contributed by atoms with van der Waals surface area (Å²) in [6.45, 7) is 10.4. The van der Waals surface area contributed by atoms with Gasteiger partial charge in [0.1, 0.15) is 0 Å². The van der Waals surface area contributed by atoms with Gasteiger partial charge in [0.05, 0.1) is 109 Å². The van der Waals surface area contributed by atoms with Gasteiger partial charge >= 0.3 is 0 Å². The minimum atomic E-state index is 0. The van der Waals surface area contributed by atoms with Crippen molar-refractivity contribution in [2.75, 3.05) is 109 Å². The summed E-state index contributed by atoms with van der Waals surface area (Å²) in [7, 11) is 19.5. The lowest BCUT2D eigenvalue weighted by molar-refractivity contribution is -0.910. The Labute approximate surface area is 341 Å². The molecule has 0 aliphatic rings. The molecule has 0 radical (unpaired) electrons. The average molecular weight is 931 g/mol. The summed E-state index contributed by atoms with van der Waals surface area (Å²) in [5.41, 5.74) is 2.96. The number of unbranched alkanes of at least 4 members (excludes halogenated alkanes) is 5. The van der Waals surface area contributed by atoms with E-state index in [0.29, 0.717) is 0 Å². The second-order valence-corrected chi connectivity index (χ2v) is 16.5. The number of halogens is 4. The predicted molar refractivity (Wildman–Crippen MR) is 194 cm³/mol. The average Bonchev–Trinajstić information content (AvgIpc) is 2.96. The molecule has 0 spiro atoms. The van der Waals surface area contributed by atoms with Gasteiger partial charge in [-0.05, 0) is 75.3 Å². The minimum Gasteiger partial charge on any atom is -1.00 e. The molecule has 0 heterocycles. The monoisotopic (exact) mass is 926 g/mol. The maximum atomic E-state index is 2.45. The first-order valence-corrected chi connectivity index (χ1v) is 18.1. The first-order chi connectivity index (χ1) is 20.8. The number of rotatable bonds is 25. The summed E-state index contributed by atoms with van der Waals surface area (Å²) in [5.74, 6) is 0. The summed E-state index contributed by atoms with van der Waals surface area (Å²) >= 11 is 0. The fourth-order valence-electron chi connectivity index (χ4n) is 6.76. The Kier molecular flexibility index (Phi) is 30.4. The van der Waals surface area contributed by atoms with Crippen molar-refractivity contribution in [3.8, 4) is 0 Å². The number of nitrogens with zero attached hydrogens (tertiary/aromatic N) is 4. The van der Waals surface area contributed by atoms with E-state index in [1.165, 1.54) is 150 Å². The SMILES string of the molecule is C[N+](C)(CCCCCC[N+](C)(C)CCC[N+](C)(C)CCCCc1ccccc1)CCC[N+](C)(C)CCCCc1ccccc1.[Br-].[Br-].[Br-].[Br-]. The molecule has 282 valence electrons. The zero-order valence-electron chi connectivity index (χ0n) is 32.2. The molecule has 0 aliphatic carbocycles. The van der Waals surface area contributed by atoms with Gasteiger partial charge < -0.3 is 85.9 Å². The molecule has 0 bridgehead atoms. The molecular formula is C40H74Br4N4. The fraction of sp³-hybridized carbons (Fsp3) is 0.700. The quantitative estimate of drug-likeness (QED) is 0.0700. The predicted octanol–water partition coefficient (Wildman–Crippen LogP) is -4.31. The normalized spacial score (nSPS) is 11.9. The molecule has 0 N–H and O–H groups in total. The van der Waals surface area contributed by atoms with E-state index in [0.717, 1.165) is 8.97 Å². The first kappa shape index (κ1) is 52.6. The van der Waals surface area contributed by atoms with Gasteiger partial charge in [0, 0.05) is 12.8 Å². The van der Waals surface area contributed by atoms with Gasteiger partial charge in [-0.3, -0.25) is 0 Å². The summed E-state index contributed by atoms with van der Waals surface area (Å²) in [4.78, 5) is 0. The lowest BCUT2D eigenvalue weighted by Crippen LogP contribution is -3.00. The molecule has 0 fully saturated rings. The lowest BCUT2D eigenvalue weighted by Gasteiger charge is -2.34. The van der Waals surface area contributed by atoms with Gasteiger partial charge in [-0.15, -0.1) is 0 Å². The number of quaternary nitrogens is 4. The number of benzene rings is 2. The number of hydrogen-bond donors (Lipinski definition) is 0. The van der Waals surface area contributed by atoms with Gasteiger partial charge in [0.15, 0.2) is 0 Å². The Morgan fingerprint density at radius 1 is 0.292 bits per heavy atom. The second-order valence-electron chi connectivity index (χ2n) is 16.5. The Balaban J connectivity index is -0.00000506. The van der Waals surface area contributed by atoms with Crippen molar-refractivity contribution in [2.45, 2.75) is 77.0 Å². The first-order valence-electron chi connectivity index (χ1n) is 18.1. The maximum absolute atomic E-state index is 2.45. The summed E-state index contributed by atoms with van der Waals surface area (Å²) in [6, 6.07) is 21.9. The third-order valence-corrected chi connectivity index (χ3v) is 9.97. The Morgan fingerprint density at radius 3 is 0.792 bits per heavy atom. The molecule has 48 heavy (non-hydrogen) atoms. The van der Waals surface area contributed by atoms with Crippen molar-refractivity contribution in [2.24, 2.45) is 0 Å². The van der Waals surface area contributed by atoms with Crippen LogP contribution in [0.5, 0.6) is 0 Å². The van der Waals surface area contributed by atoms with Crippen LogP contribution in [0.25, 0.3) is 0 Å². The van der Waals surface area contributed by atoms with Crippen molar-refractivity contribution in [1.82, 2.24) is 0 Å². The third kappa shape index (κ3) is 26.9. The molecule has 0 saturated carbocycles. The van der Waals surface area contributed by atoms with E-state index in [1.807, 2.05) is 0 Å². The van der Waals surface area contributed by atoms with Crippen molar-refractivity contribution >= 4 is 0 Å². The Bertz CT molecular complexity index is 919. The summed E-state index contributed by atoms with van der Waals surface area (Å²) in [5, 5.41) is 0. The van der Waals surface area contributed by atoms with Crippen LogP contribution in [-0.4, -0.2) is 127 Å². The van der Waals surface area contributed by atoms with E-state index in [2.05, 4.69) is 117 Å². The molecule has 0 atom stereocenters. The highest BCUT2D eigenvalue weighted by atomic mass is 79.9. The molecule has 2 aromatic rings. The third-order valence-electron chi connectivity index (χ3n) is 9.97. The van der Waals surface area contributed by atoms with Gasteiger partial charge in [0.25, 0.3) is 0 Å². The fourth-order valence-corrected chi connectivity index (χ4v) is 6.76. The summed E-state index contributed by atoms with van der Waals surface area (Å²) < 4.78 is 4.67. The van der Waals surface area contributed by atoms with Crippen LogP contribution in [0.2, 0.25) is 0 Å². The van der Waals surface area contributed by atoms with Crippen LogP contribution in [0.15, 0.2) is 60.7 Å². The van der Waals surface area contributed by atoms with Crippen molar-refractivity contribution < 1.29 is 85.9 Å². The molecule has 0 saturated heterocycles. The van der Waals surface area contributed by atoms with Crippen molar-refractivity contribution in [3.05, 3.63) is 71.8 Å². The van der Waals surface area contributed by atoms with E-state index >= 15 is 0 Å². The van der Waals surface area contributed by atoms with Crippen LogP contribution in [-0.2, 0) is 12.8 Å². The molecule has 4 nitrogen and oxygen atoms in total. The van der Waals surface area contributed by atoms with Gasteiger partial charge in [0.2, 0.25) is 0 Å². The Hall–Kier alpha value is 0.200. The minimum absolute atomic E-state index is 0. The highest BCUT2D eigenvalue weighted by Crippen LogP contribution is 2.13. The topological polar surface area (TPSA) is 0 Å². The van der Waals surface area contributed by atoms with Crippen molar-refractivity contribution in [1.29, 1.82) is 0 Å². The number of aryl methyl sites for hydroxylation is 2. The van der Waals surface area contributed by atoms with Crippen LogP contribution in [0.4, 0.5) is 0 Å². The second kappa shape index (κ2) is 27.8. The highest BCUT2D eigenvalue weighted by Gasteiger charge is 2.21. The molecule has 0 unspecified atom stereocenters. The molecule has 0 aromatic heterocycles. The molecule has 2 rings (SSSR count). The zero-order chi connectivity index (χ0) is 32.4. The van der Waals surface area contributed by atoms with Crippen LogP contribution in [0.3, 0.4) is 0 Å². The van der Waals surface area contributed by atoms with Gasteiger partial charge in [-0.2, -0.15) is 0 Å². The van der Waals surface area contributed by atoms with Crippen LogP contribution >= 0.6 is 0 Å². The van der Waals surface area contributed by atoms with Gasteiger partial charge in [-0.1, -0.05) is 60.7 Å².